The van der Waals surface area contributed by atoms with E-state index in [0.717, 1.165) is 6.42 Å². The summed E-state index contributed by atoms with van der Waals surface area (Å²) in [6.45, 7) is 2.44. The van der Waals surface area contributed by atoms with E-state index in [1.807, 2.05) is 6.92 Å². The Morgan fingerprint density at radius 2 is 2.05 bits per heavy atom. The van der Waals surface area contributed by atoms with Crippen LogP contribution in [-0.4, -0.2) is 17.1 Å². The molecular formula is C12H16F3N3O. The van der Waals surface area contributed by atoms with Crippen LogP contribution in [0.3, 0.4) is 0 Å². The molecule has 1 aliphatic heterocycles. The first kappa shape index (κ1) is 14.2. The van der Waals surface area contributed by atoms with E-state index < -0.39 is 18.0 Å². The molecule has 0 radical (unpaired) electrons. The van der Waals surface area contributed by atoms with Gasteiger partial charge in [-0.3, -0.25) is 0 Å². The summed E-state index contributed by atoms with van der Waals surface area (Å²) in [4.78, 5) is 7.92. The molecule has 1 unspecified atom stereocenters. The van der Waals surface area contributed by atoms with E-state index in [-0.39, 0.29) is 17.9 Å². The molecule has 1 atom stereocenters. The van der Waals surface area contributed by atoms with Gasteiger partial charge in [-0.25, -0.2) is 9.97 Å². The van der Waals surface area contributed by atoms with Gasteiger partial charge in [-0.1, -0.05) is 13.3 Å². The van der Waals surface area contributed by atoms with Gasteiger partial charge in [0.15, 0.2) is 11.5 Å². The second-order valence-corrected chi connectivity index (χ2v) is 4.47. The highest BCUT2D eigenvalue weighted by Gasteiger charge is 2.39. The number of nitrogens with zero attached hydrogens (tertiary/aromatic N) is 2. The zero-order valence-electron chi connectivity index (χ0n) is 10.8. The van der Waals surface area contributed by atoms with Gasteiger partial charge in [0, 0.05) is 25.8 Å². The minimum absolute atomic E-state index is 0.124. The summed E-state index contributed by atoms with van der Waals surface area (Å²) in [5.41, 5.74) is -0.256. The maximum atomic E-state index is 13.0. The molecule has 0 aliphatic carbocycles. The van der Waals surface area contributed by atoms with Crippen molar-refractivity contribution in [1.82, 2.24) is 15.3 Å². The Morgan fingerprint density at radius 3 is 2.63 bits per heavy atom. The van der Waals surface area contributed by atoms with E-state index in [0.29, 0.717) is 18.7 Å². The lowest BCUT2D eigenvalue weighted by molar-refractivity contribution is -0.142. The van der Waals surface area contributed by atoms with Crippen molar-refractivity contribution in [3.63, 3.8) is 0 Å². The standard InChI is InChI=1S/C12H16F3N3O/c1-3-4-9(19-2)11-17-8-6-16-5-7(8)10(18-11)12(13,14)15/h9,16H,3-6H2,1-2H3. The number of hydrogen-bond donors (Lipinski definition) is 1. The number of rotatable bonds is 4. The molecule has 0 spiro atoms. The molecule has 0 amide bonds. The van der Waals surface area contributed by atoms with E-state index in [2.05, 4.69) is 15.3 Å². The second kappa shape index (κ2) is 5.42. The highest BCUT2D eigenvalue weighted by Crippen LogP contribution is 2.34. The van der Waals surface area contributed by atoms with E-state index in [1.54, 1.807) is 0 Å². The Bertz CT molecular complexity index is 462. The fourth-order valence-electron chi connectivity index (χ4n) is 2.18. The van der Waals surface area contributed by atoms with Gasteiger partial charge < -0.3 is 10.1 Å². The number of nitrogens with one attached hydrogen (secondary N) is 1. The second-order valence-electron chi connectivity index (χ2n) is 4.47. The van der Waals surface area contributed by atoms with Crippen LogP contribution in [0.15, 0.2) is 0 Å². The van der Waals surface area contributed by atoms with Gasteiger partial charge in [0.2, 0.25) is 0 Å². The van der Waals surface area contributed by atoms with Crippen LogP contribution in [0.25, 0.3) is 0 Å². The van der Waals surface area contributed by atoms with Crippen molar-refractivity contribution in [2.75, 3.05) is 7.11 Å². The molecule has 2 heterocycles. The van der Waals surface area contributed by atoms with Crippen LogP contribution >= 0.6 is 0 Å². The lowest BCUT2D eigenvalue weighted by Crippen LogP contribution is -2.18. The van der Waals surface area contributed by atoms with Crippen molar-refractivity contribution in [3.8, 4) is 0 Å². The first-order chi connectivity index (χ1) is 8.97. The van der Waals surface area contributed by atoms with Crippen LogP contribution in [0.5, 0.6) is 0 Å². The molecule has 4 nitrogen and oxygen atoms in total. The number of fused-ring (bicyclic) bond motifs is 1. The SMILES string of the molecule is CCCC(OC)c1nc2c(c(C(F)(F)F)n1)CNC2. The van der Waals surface area contributed by atoms with Crippen molar-refractivity contribution in [3.05, 3.63) is 22.8 Å². The molecule has 0 aromatic carbocycles. The molecule has 7 heteroatoms. The van der Waals surface area contributed by atoms with Crippen LogP contribution in [0.2, 0.25) is 0 Å². The number of aromatic nitrogens is 2. The van der Waals surface area contributed by atoms with Crippen LogP contribution in [0, 0.1) is 0 Å². The summed E-state index contributed by atoms with van der Waals surface area (Å²) in [6, 6.07) is 0. The number of halogens is 3. The number of methoxy groups -OCH3 is 1. The van der Waals surface area contributed by atoms with Crippen LogP contribution < -0.4 is 5.32 Å². The summed E-state index contributed by atoms with van der Waals surface area (Å²) in [6.07, 6.45) is -3.56. The smallest absolute Gasteiger partial charge is 0.373 e. The normalized spacial score (nSPS) is 16.5. The Balaban J connectivity index is 2.47. The third kappa shape index (κ3) is 2.87. The maximum Gasteiger partial charge on any atom is 0.433 e. The minimum atomic E-state index is -4.46. The van der Waals surface area contributed by atoms with E-state index in [9.17, 15) is 13.2 Å². The van der Waals surface area contributed by atoms with E-state index in [1.165, 1.54) is 7.11 Å². The van der Waals surface area contributed by atoms with Gasteiger partial charge in [-0.2, -0.15) is 13.2 Å². The monoisotopic (exact) mass is 275 g/mol. The van der Waals surface area contributed by atoms with Crippen molar-refractivity contribution in [2.24, 2.45) is 0 Å². The first-order valence-corrected chi connectivity index (χ1v) is 6.17. The molecule has 1 aromatic rings. The topological polar surface area (TPSA) is 47.0 Å². The van der Waals surface area contributed by atoms with Crippen molar-refractivity contribution in [1.29, 1.82) is 0 Å². The molecule has 1 aliphatic rings. The van der Waals surface area contributed by atoms with Crippen molar-refractivity contribution < 1.29 is 17.9 Å². The molecule has 0 bridgehead atoms. The molecule has 1 N–H and O–H groups in total. The third-order valence-corrected chi connectivity index (χ3v) is 3.10. The average Bonchev–Trinajstić information content (AvgIpc) is 2.81. The Hall–Kier alpha value is -1.21. The predicted octanol–water partition coefficient (Wildman–Crippen LogP) is 2.59. The lowest BCUT2D eigenvalue weighted by Gasteiger charge is -2.17. The van der Waals surface area contributed by atoms with Crippen molar-refractivity contribution >= 4 is 0 Å². The molecule has 106 valence electrons. The zero-order valence-corrected chi connectivity index (χ0v) is 10.8. The molecule has 0 saturated carbocycles. The summed E-state index contributed by atoms with van der Waals surface area (Å²) in [7, 11) is 1.46. The summed E-state index contributed by atoms with van der Waals surface area (Å²) in [5, 5.41) is 2.87. The molecule has 2 rings (SSSR count). The van der Waals surface area contributed by atoms with Gasteiger partial charge in [0.25, 0.3) is 0 Å². The van der Waals surface area contributed by atoms with E-state index in [4.69, 9.17) is 4.74 Å². The fraction of sp³-hybridized carbons (Fsp3) is 0.667. The van der Waals surface area contributed by atoms with Gasteiger partial charge >= 0.3 is 6.18 Å². The van der Waals surface area contributed by atoms with Gasteiger partial charge in [-0.15, -0.1) is 0 Å². The fourth-order valence-corrected chi connectivity index (χ4v) is 2.18. The highest BCUT2D eigenvalue weighted by atomic mass is 19.4. The van der Waals surface area contributed by atoms with E-state index >= 15 is 0 Å². The molecule has 0 fully saturated rings. The predicted molar refractivity (Wildman–Crippen MR) is 62.2 cm³/mol. The Kier molecular flexibility index (Phi) is 4.05. The summed E-state index contributed by atoms with van der Waals surface area (Å²) < 4.78 is 44.2. The Morgan fingerprint density at radius 1 is 1.32 bits per heavy atom. The molecule has 0 saturated heterocycles. The first-order valence-electron chi connectivity index (χ1n) is 6.17. The zero-order chi connectivity index (χ0) is 14.0. The highest BCUT2D eigenvalue weighted by molar-refractivity contribution is 5.31. The summed E-state index contributed by atoms with van der Waals surface area (Å²) in [5.74, 6) is 0.124. The number of alkyl halides is 3. The van der Waals surface area contributed by atoms with Crippen LogP contribution in [0.4, 0.5) is 13.2 Å². The third-order valence-electron chi connectivity index (χ3n) is 3.10. The van der Waals surface area contributed by atoms with Crippen LogP contribution in [-0.2, 0) is 24.0 Å². The van der Waals surface area contributed by atoms with Gasteiger partial charge in [0.1, 0.15) is 6.10 Å². The van der Waals surface area contributed by atoms with Crippen molar-refractivity contribution in [2.45, 2.75) is 45.1 Å². The molecule has 1 aromatic heterocycles. The number of hydrogen-bond acceptors (Lipinski definition) is 4. The average molecular weight is 275 g/mol. The molecular weight excluding hydrogens is 259 g/mol. The largest absolute Gasteiger partial charge is 0.433 e. The van der Waals surface area contributed by atoms with Gasteiger partial charge in [-0.05, 0) is 6.42 Å². The quantitative estimate of drug-likeness (QED) is 0.917. The Labute approximate surface area is 109 Å². The lowest BCUT2D eigenvalue weighted by atomic mass is 10.1. The number of ether oxygens (including phenoxy) is 1. The van der Waals surface area contributed by atoms with Gasteiger partial charge in [0.05, 0.1) is 5.69 Å². The summed E-state index contributed by atoms with van der Waals surface area (Å²) >= 11 is 0. The molecule has 19 heavy (non-hydrogen) atoms. The minimum Gasteiger partial charge on any atom is -0.373 e. The maximum absolute atomic E-state index is 13.0. The van der Waals surface area contributed by atoms with Crippen LogP contribution in [0.1, 0.15) is 48.6 Å².